The zero-order chi connectivity index (χ0) is 16.4. The highest BCUT2D eigenvalue weighted by molar-refractivity contribution is 5.93. The van der Waals surface area contributed by atoms with Crippen LogP contribution in [0.25, 0.3) is 10.9 Å². The number of phenols is 1. The van der Waals surface area contributed by atoms with Crippen molar-refractivity contribution in [3.63, 3.8) is 0 Å². The zero-order valence-corrected chi connectivity index (χ0v) is 12.2. The van der Waals surface area contributed by atoms with Crippen LogP contribution in [-0.4, -0.2) is 15.0 Å². The Morgan fingerprint density at radius 3 is 2.74 bits per heavy atom. The summed E-state index contributed by atoms with van der Waals surface area (Å²) in [5.74, 6) is 0.0676. The minimum absolute atomic E-state index is 0.0469. The Hall–Kier alpha value is -3.35. The smallest absolute Gasteiger partial charge is 0.271 e. The number of aromatic nitrogens is 1. The second kappa shape index (κ2) is 5.80. The SMILES string of the molecule is Cc1ccc2c(N=Nc3cccc([N+](=O)[O-])c3)ccc(O)c2n1. The van der Waals surface area contributed by atoms with Crippen LogP contribution in [0.15, 0.2) is 58.8 Å². The fraction of sp³-hybridized carbons (Fsp3) is 0.0625. The molecule has 1 heterocycles. The van der Waals surface area contributed by atoms with E-state index in [4.69, 9.17) is 0 Å². The first kappa shape index (κ1) is 14.6. The maximum atomic E-state index is 10.8. The third kappa shape index (κ3) is 2.98. The molecule has 0 aliphatic carbocycles. The second-order valence-corrected chi connectivity index (χ2v) is 4.93. The van der Waals surface area contributed by atoms with E-state index < -0.39 is 4.92 Å². The van der Waals surface area contributed by atoms with E-state index >= 15 is 0 Å². The van der Waals surface area contributed by atoms with Gasteiger partial charge in [0.25, 0.3) is 5.69 Å². The third-order valence-electron chi connectivity index (χ3n) is 3.27. The molecule has 2 aromatic carbocycles. The van der Waals surface area contributed by atoms with Crippen LogP contribution < -0.4 is 0 Å². The molecule has 0 saturated heterocycles. The predicted octanol–water partition coefficient (Wildman–Crippen LogP) is 4.57. The van der Waals surface area contributed by atoms with Gasteiger partial charge in [0.2, 0.25) is 0 Å². The van der Waals surface area contributed by atoms with E-state index in [0.717, 1.165) is 5.69 Å². The largest absolute Gasteiger partial charge is 0.506 e. The van der Waals surface area contributed by atoms with Gasteiger partial charge in [-0.05, 0) is 37.3 Å². The average Bonchev–Trinajstić information content (AvgIpc) is 2.55. The van der Waals surface area contributed by atoms with Crippen molar-refractivity contribution in [2.75, 3.05) is 0 Å². The number of fused-ring (bicyclic) bond motifs is 1. The van der Waals surface area contributed by atoms with Gasteiger partial charge in [-0.25, -0.2) is 4.98 Å². The van der Waals surface area contributed by atoms with Crippen LogP contribution in [0.5, 0.6) is 5.75 Å². The summed E-state index contributed by atoms with van der Waals surface area (Å²) in [7, 11) is 0. The molecule has 0 radical (unpaired) electrons. The molecule has 0 amide bonds. The number of benzene rings is 2. The van der Waals surface area contributed by atoms with E-state index in [-0.39, 0.29) is 11.4 Å². The number of hydrogen-bond acceptors (Lipinski definition) is 6. The Bertz CT molecular complexity index is 938. The highest BCUT2D eigenvalue weighted by Crippen LogP contribution is 2.32. The monoisotopic (exact) mass is 308 g/mol. The number of aryl methyl sites for hydroxylation is 1. The fourth-order valence-electron chi connectivity index (χ4n) is 2.15. The lowest BCUT2D eigenvalue weighted by atomic mass is 10.1. The van der Waals surface area contributed by atoms with Crippen LogP contribution in [-0.2, 0) is 0 Å². The summed E-state index contributed by atoms with van der Waals surface area (Å²) >= 11 is 0. The molecule has 0 spiro atoms. The van der Waals surface area contributed by atoms with Gasteiger partial charge in [0, 0.05) is 23.2 Å². The van der Waals surface area contributed by atoms with Gasteiger partial charge in [-0.1, -0.05) is 6.07 Å². The minimum atomic E-state index is -0.484. The van der Waals surface area contributed by atoms with Crippen molar-refractivity contribution >= 4 is 28.0 Å². The number of phenolic OH excluding ortho intramolecular Hbond substituents is 1. The molecule has 1 aromatic heterocycles. The quantitative estimate of drug-likeness (QED) is 0.435. The van der Waals surface area contributed by atoms with Gasteiger partial charge in [-0.3, -0.25) is 10.1 Å². The van der Waals surface area contributed by atoms with Crippen LogP contribution in [0.4, 0.5) is 17.1 Å². The summed E-state index contributed by atoms with van der Waals surface area (Å²) < 4.78 is 0. The number of aromatic hydroxyl groups is 1. The van der Waals surface area contributed by atoms with Crippen molar-refractivity contribution < 1.29 is 10.0 Å². The molecular formula is C16H12N4O3. The highest BCUT2D eigenvalue weighted by Gasteiger charge is 2.08. The summed E-state index contributed by atoms with van der Waals surface area (Å²) in [4.78, 5) is 14.6. The molecule has 3 rings (SSSR count). The molecule has 23 heavy (non-hydrogen) atoms. The first-order valence-corrected chi connectivity index (χ1v) is 6.80. The summed E-state index contributed by atoms with van der Waals surface area (Å²) in [5.41, 5.74) is 2.08. The summed E-state index contributed by atoms with van der Waals surface area (Å²) in [6, 6.07) is 12.6. The molecule has 7 nitrogen and oxygen atoms in total. The Balaban J connectivity index is 2.03. The number of nitro benzene ring substituents is 1. The number of non-ortho nitro benzene ring substituents is 1. The Kier molecular flexibility index (Phi) is 3.68. The standard InChI is InChI=1S/C16H12N4O3/c1-10-5-6-13-14(7-8-15(21)16(13)17-10)19-18-11-3-2-4-12(9-11)20(22)23/h2-9,21H,1H3. The maximum Gasteiger partial charge on any atom is 0.271 e. The molecule has 1 N–H and O–H groups in total. The Morgan fingerprint density at radius 2 is 1.96 bits per heavy atom. The van der Waals surface area contributed by atoms with Crippen molar-refractivity contribution in [3.05, 3.63) is 64.3 Å². The van der Waals surface area contributed by atoms with Gasteiger partial charge in [-0.2, -0.15) is 5.11 Å². The Morgan fingerprint density at radius 1 is 1.13 bits per heavy atom. The average molecular weight is 308 g/mol. The molecule has 0 unspecified atom stereocenters. The minimum Gasteiger partial charge on any atom is -0.506 e. The summed E-state index contributed by atoms with van der Waals surface area (Å²) in [5, 5.41) is 29.5. The normalized spacial score (nSPS) is 11.2. The van der Waals surface area contributed by atoms with Gasteiger partial charge in [0.05, 0.1) is 16.3 Å². The van der Waals surface area contributed by atoms with Crippen LogP contribution in [0.2, 0.25) is 0 Å². The van der Waals surface area contributed by atoms with E-state index in [1.807, 2.05) is 13.0 Å². The lowest BCUT2D eigenvalue weighted by Gasteiger charge is -2.04. The van der Waals surface area contributed by atoms with E-state index in [1.165, 1.54) is 18.2 Å². The molecule has 3 aromatic rings. The van der Waals surface area contributed by atoms with Gasteiger partial charge >= 0.3 is 0 Å². The first-order valence-electron chi connectivity index (χ1n) is 6.80. The third-order valence-corrected chi connectivity index (χ3v) is 3.27. The van der Waals surface area contributed by atoms with E-state index in [1.54, 1.807) is 24.3 Å². The van der Waals surface area contributed by atoms with Crippen LogP contribution in [0, 0.1) is 17.0 Å². The lowest BCUT2D eigenvalue weighted by Crippen LogP contribution is -1.85. The molecular weight excluding hydrogens is 296 g/mol. The van der Waals surface area contributed by atoms with Crippen molar-refractivity contribution in [2.24, 2.45) is 10.2 Å². The molecule has 7 heteroatoms. The van der Waals surface area contributed by atoms with Crippen molar-refractivity contribution in [2.45, 2.75) is 6.92 Å². The number of nitrogens with zero attached hydrogens (tertiary/aromatic N) is 4. The number of rotatable bonds is 3. The number of hydrogen-bond donors (Lipinski definition) is 1. The van der Waals surface area contributed by atoms with Crippen LogP contribution >= 0.6 is 0 Å². The van der Waals surface area contributed by atoms with Crippen LogP contribution in [0.1, 0.15) is 5.69 Å². The first-order chi connectivity index (χ1) is 11.0. The maximum absolute atomic E-state index is 10.8. The van der Waals surface area contributed by atoms with Crippen LogP contribution in [0.3, 0.4) is 0 Å². The zero-order valence-electron chi connectivity index (χ0n) is 12.2. The van der Waals surface area contributed by atoms with Crippen molar-refractivity contribution in [1.29, 1.82) is 0 Å². The number of nitro groups is 1. The van der Waals surface area contributed by atoms with Gasteiger partial charge in [-0.15, -0.1) is 5.11 Å². The lowest BCUT2D eigenvalue weighted by molar-refractivity contribution is -0.384. The van der Waals surface area contributed by atoms with Crippen molar-refractivity contribution in [1.82, 2.24) is 4.98 Å². The highest BCUT2D eigenvalue weighted by atomic mass is 16.6. The molecule has 0 aliphatic heterocycles. The van der Waals surface area contributed by atoms with E-state index in [9.17, 15) is 15.2 Å². The summed E-state index contributed by atoms with van der Waals surface area (Å²) in [6.07, 6.45) is 0. The van der Waals surface area contributed by atoms with Gasteiger partial charge in [0.1, 0.15) is 11.3 Å². The fourth-order valence-corrected chi connectivity index (χ4v) is 2.15. The second-order valence-electron chi connectivity index (χ2n) is 4.93. The molecule has 0 fully saturated rings. The topological polar surface area (TPSA) is 101 Å². The van der Waals surface area contributed by atoms with Gasteiger partial charge < -0.3 is 5.11 Å². The predicted molar refractivity (Wildman–Crippen MR) is 85.4 cm³/mol. The molecule has 114 valence electrons. The number of azo groups is 1. The van der Waals surface area contributed by atoms with Crippen molar-refractivity contribution in [3.8, 4) is 5.75 Å². The Labute approximate surface area is 131 Å². The van der Waals surface area contributed by atoms with E-state index in [0.29, 0.717) is 22.3 Å². The molecule has 0 saturated carbocycles. The van der Waals surface area contributed by atoms with E-state index in [2.05, 4.69) is 15.2 Å². The molecule has 0 atom stereocenters. The summed E-state index contributed by atoms with van der Waals surface area (Å²) in [6.45, 7) is 1.83. The molecule has 0 bridgehead atoms. The number of pyridine rings is 1. The molecule has 0 aliphatic rings. The van der Waals surface area contributed by atoms with Gasteiger partial charge in [0.15, 0.2) is 0 Å².